The van der Waals surface area contributed by atoms with Crippen molar-refractivity contribution in [2.75, 3.05) is 6.54 Å². The smallest absolute Gasteiger partial charge is 0.172 e. The maximum atomic E-state index is 4.39. The molecule has 3 rings (SSSR count). The van der Waals surface area contributed by atoms with Crippen LogP contribution in [0.5, 0.6) is 0 Å². The highest BCUT2D eigenvalue weighted by atomic mass is 32.1. The summed E-state index contributed by atoms with van der Waals surface area (Å²) in [5.41, 5.74) is 1.34. The lowest BCUT2D eigenvalue weighted by molar-refractivity contribution is 0.551. The van der Waals surface area contributed by atoms with E-state index < -0.39 is 0 Å². The number of rotatable bonds is 1. The quantitative estimate of drug-likeness (QED) is 0.764. The molecule has 1 aliphatic rings. The van der Waals surface area contributed by atoms with Gasteiger partial charge >= 0.3 is 0 Å². The van der Waals surface area contributed by atoms with Crippen LogP contribution in [-0.2, 0) is 6.42 Å². The number of aromatic amines is 1. The molecule has 1 atom stereocenters. The summed E-state index contributed by atoms with van der Waals surface area (Å²) < 4.78 is 0. The Kier molecular flexibility index (Phi) is 2.07. The Morgan fingerprint density at radius 1 is 1.53 bits per heavy atom. The average Bonchev–Trinajstić information content (AvgIpc) is 2.84. The van der Waals surface area contributed by atoms with Gasteiger partial charge in [-0.25, -0.2) is 4.98 Å². The third-order valence-electron chi connectivity index (χ3n) is 2.66. The Hall–Kier alpha value is -1.20. The van der Waals surface area contributed by atoms with Gasteiger partial charge in [0.15, 0.2) is 5.82 Å². The van der Waals surface area contributed by atoms with Gasteiger partial charge in [-0.05, 0) is 30.4 Å². The molecule has 15 heavy (non-hydrogen) atoms. The molecule has 0 spiro atoms. The van der Waals surface area contributed by atoms with Gasteiger partial charge in [-0.15, -0.1) is 11.3 Å². The summed E-state index contributed by atoms with van der Waals surface area (Å²) >= 11 is 1.82. The van der Waals surface area contributed by atoms with Crippen molar-refractivity contribution in [1.82, 2.24) is 20.5 Å². The van der Waals surface area contributed by atoms with Crippen LogP contribution in [0.15, 0.2) is 11.4 Å². The first-order chi connectivity index (χ1) is 7.34. The Balaban J connectivity index is 2.02. The summed E-state index contributed by atoms with van der Waals surface area (Å²) in [4.78, 5) is 5.85. The summed E-state index contributed by atoms with van der Waals surface area (Å²) in [6.07, 6.45) is 1.12. The second-order valence-electron chi connectivity index (χ2n) is 3.72. The van der Waals surface area contributed by atoms with Crippen LogP contribution in [0.25, 0.3) is 0 Å². The minimum atomic E-state index is 0.171. The molecule has 0 radical (unpaired) electrons. The van der Waals surface area contributed by atoms with E-state index in [2.05, 4.69) is 31.9 Å². The first-order valence-electron chi connectivity index (χ1n) is 5.03. The lowest BCUT2D eigenvalue weighted by atomic mass is 10.0. The predicted octanol–water partition coefficient (Wildman–Crippen LogP) is 1.41. The zero-order valence-electron chi connectivity index (χ0n) is 8.45. The van der Waals surface area contributed by atoms with E-state index in [0.717, 1.165) is 24.6 Å². The Labute approximate surface area is 91.7 Å². The summed E-state index contributed by atoms with van der Waals surface area (Å²) in [6.45, 7) is 2.93. The van der Waals surface area contributed by atoms with Crippen molar-refractivity contribution < 1.29 is 0 Å². The van der Waals surface area contributed by atoms with Gasteiger partial charge in [0.1, 0.15) is 5.82 Å². The molecule has 2 N–H and O–H groups in total. The van der Waals surface area contributed by atoms with Crippen molar-refractivity contribution in [3.05, 3.63) is 33.5 Å². The van der Waals surface area contributed by atoms with E-state index in [0.29, 0.717) is 0 Å². The van der Waals surface area contributed by atoms with E-state index in [9.17, 15) is 0 Å². The highest BCUT2D eigenvalue weighted by Gasteiger charge is 2.24. The maximum Gasteiger partial charge on any atom is 0.172 e. The number of nitrogens with zero attached hydrogens (tertiary/aromatic N) is 2. The van der Waals surface area contributed by atoms with Crippen LogP contribution in [0.3, 0.4) is 0 Å². The number of hydrogen-bond acceptors (Lipinski definition) is 4. The minimum absolute atomic E-state index is 0.171. The zero-order valence-corrected chi connectivity index (χ0v) is 9.27. The molecule has 1 unspecified atom stereocenters. The van der Waals surface area contributed by atoms with Crippen LogP contribution in [0.4, 0.5) is 0 Å². The second-order valence-corrected chi connectivity index (χ2v) is 4.72. The number of aromatic nitrogens is 3. The lowest BCUT2D eigenvalue weighted by Gasteiger charge is -2.21. The van der Waals surface area contributed by atoms with Crippen LogP contribution in [0.1, 0.15) is 28.1 Å². The molecule has 5 heteroatoms. The molecule has 0 saturated heterocycles. The molecule has 2 aromatic rings. The van der Waals surface area contributed by atoms with Crippen molar-refractivity contribution in [2.24, 2.45) is 0 Å². The fourth-order valence-electron chi connectivity index (χ4n) is 1.97. The molecule has 2 aromatic heterocycles. The normalized spacial score (nSPS) is 20.2. The third-order valence-corrected chi connectivity index (χ3v) is 3.66. The van der Waals surface area contributed by atoms with Crippen LogP contribution in [0.2, 0.25) is 0 Å². The standard InChI is InChI=1S/C10H12N4S/c1-6-12-10(14-13-6)9-7-3-5-15-8(7)2-4-11-9/h3,5,9,11H,2,4H2,1H3,(H,12,13,14). The molecular weight excluding hydrogens is 208 g/mol. The Bertz CT molecular complexity index is 473. The summed E-state index contributed by atoms with van der Waals surface area (Å²) in [7, 11) is 0. The van der Waals surface area contributed by atoms with E-state index in [1.54, 1.807) is 0 Å². The van der Waals surface area contributed by atoms with Gasteiger partial charge in [0.05, 0.1) is 6.04 Å². The molecule has 4 nitrogen and oxygen atoms in total. The fraction of sp³-hybridized carbons (Fsp3) is 0.400. The molecule has 0 aromatic carbocycles. The van der Waals surface area contributed by atoms with Crippen molar-refractivity contribution in [3.63, 3.8) is 0 Å². The van der Waals surface area contributed by atoms with E-state index in [1.807, 2.05) is 18.3 Å². The number of fused-ring (bicyclic) bond motifs is 1. The molecule has 0 fully saturated rings. The van der Waals surface area contributed by atoms with Crippen LogP contribution < -0.4 is 5.32 Å². The van der Waals surface area contributed by atoms with E-state index in [4.69, 9.17) is 0 Å². The highest BCUT2D eigenvalue weighted by molar-refractivity contribution is 7.10. The molecule has 0 saturated carbocycles. The number of thiophene rings is 1. The van der Waals surface area contributed by atoms with Crippen LogP contribution >= 0.6 is 11.3 Å². The molecule has 78 valence electrons. The zero-order chi connectivity index (χ0) is 10.3. The summed E-state index contributed by atoms with van der Waals surface area (Å²) in [5.74, 6) is 1.72. The van der Waals surface area contributed by atoms with Crippen molar-refractivity contribution in [2.45, 2.75) is 19.4 Å². The molecule has 0 bridgehead atoms. The summed E-state index contributed by atoms with van der Waals surface area (Å²) in [6, 6.07) is 2.34. The van der Waals surface area contributed by atoms with Crippen molar-refractivity contribution in [1.29, 1.82) is 0 Å². The van der Waals surface area contributed by atoms with Crippen molar-refractivity contribution in [3.8, 4) is 0 Å². The van der Waals surface area contributed by atoms with Gasteiger partial charge in [-0.3, -0.25) is 5.10 Å². The van der Waals surface area contributed by atoms with Gasteiger partial charge in [-0.2, -0.15) is 5.10 Å². The molecule has 0 amide bonds. The fourth-order valence-corrected chi connectivity index (χ4v) is 2.89. The van der Waals surface area contributed by atoms with Crippen molar-refractivity contribution >= 4 is 11.3 Å². The largest absolute Gasteiger partial charge is 0.303 e. The summed E-state index contributed by atoms with van der Waals surface area (Å²) in [5, 5.41) is 12.7. The average molecular weight is 220 g/mol. The van der Waals surface area contributed by atoms with E-state index >= 15 is 0 Å². The van der Waals surface area contributed by atoms with Gasteiger partial charge < -0.3 is 5.32 Å². The van der Waals surface area contributed by atoms with Gasteiger partial charge in [0.2, 0.25) is 0 Å². The predicted molar refractivity (Wildman–Crippen MR) is 59.0 cm³/mol. The van der Waals surface area contributed by atoms with E-state index in [1.165, 1.54) is 10.4 Å². The van der Waals surface area contributed by atoms with Crippen LogP contribution in [-0.4, -0.2) is 21.7 Å². The Morgan fingerprint density at radius 2 is 2.47 bits per heavy atom. The maximum absolute atomic E-state index is 4.39. The first kappa shape index (κ1) is 9.06. The van der Waals surface area contributed by atoms with Gasteiger partial charge in [0.25, 0.3) is 0 Å². The first-order valence-corrected chi connectivity index (χ1v) is 5.91. The number of hydrogen-bond donors (Lipinski definition) is 2. The number of H-pyrrole nitrogens is 1. The third kappa shape index (κ3) is 1.48. The van der Waals surface area contributed by atoms with Gasteiger partial charge in [0, 0.05) is 11.4 Å². The topological polar surface area (TPSA) is 53.6 Å². The van der Waals surface area contributed by atoms with Gasteiger partial charge in [-0.1, -0.05) is 0 Å². The minimum Gasteiger partial charge on any atom is -0.303 e. The molecule has 1 aliphatic heterocycles. The Morgan fingerprint density at radius 3 is 3.27 bits per heavy atom. The molecular formula is C10H12N4S. The highest BCUT2D eigenvalue weighted by Crippen LogP contribution is 2.30. The number of nitrogens with one attached hydrogen (secondary N) is 2. The second kappa shape index (κ2) is 3.43. The monoisotopic (exact) mass is 220 g/mol. The van der Waals surface area contributed by atoms with Crippen LogP contribution in [0, 0.1) is 6.92 Å². The molecule has 0 aliphatic carbocycles. The number of aryl methyl sites for hydroxylation is 1. The SMILES string of the molecule is Cc1nc(C2NCCc3sccc32)n[nH]1. The molecule has 3 heterocycles. The van der Waals surface area contributed by atoms with E-state index in [-0.39, 0.29) is 6.04 Å². The lowest BCUT2D eigenvalue weighted by Crippen LogP contribution is -2.30.